The van der Waals surface area contributed by atoms with E-state index in [9.17, 15) is 0 Å². The van der Waals surface area contributed by atoms with Crippen LogP contribution in [0.2, 0.25) is 5.02 Å². The molecule has 4 rings (SSSR count). The predicted molar refractivity (Wildman–Crippen MR) is 109 cm³/mol. The fourth-order valence-electron chi connectivity index (χ4n) is 3.08. The molecular formula is C19H20ClN7O. The number of aromatic nitrogens is 5. The molecule has 3 heterocycles. The van der Waals surface area contributed by atoms with Gasteiger partial charge in [0.15, 0.2) is 17.3 Å². The number of imidazole rings is 1. The molecule has 0 spiro atoms. The quantitative estimate of drug-likeness (QED) is 0.529. The van der Waals surface area contributed by atoms with Crippen LogP contribution in [0.15, 0.2) is 41.2 Å². The van der Waals surface area contributed by atoms with Crippen molar-refractivity contribution in [3.8, 4) is 22.8 Å². The van der Waals surface area contributed by atoms with Crippen LogP contribution in [-0.2, 0) is 6.54 Å². The number of anilines is 1. The summed E-state index contributed by atoms with van der Waals surface area (Å²) in [6, 6.07) is 9.42. The normalized spacial score (nSPS) is 12.0. The summed E-state index contributed by atoms with van der Waals surface area (Å²) in [6.07, 6.45) is 1.75. The van der Waals surface area contributed by atoms with E-state index >= 15 is 0 Å². The number of nitrogens with zero attached hydrogens (tertiary/aromatic N) is 5. The van der Waals surface area contributed by atoms with Crippen LogP contribution in [0.1, 0.15) is 13.8 Å². The molecule has 0 aliphatic heterocycles. The fourth-order valence-corrected chi connectivity index (χ4v) is 3.27. The van der Waals surface area contributed by atoms with Crippen LogP contribution in [0.4, 0.5) is 5.82 Å². The van der Waals surface area contributed by atoms with Crippen LogP contribution in [0.3, 0.4) is 0 Å². The van der Waals surface area contributed by atoms with Gasteiger partial charge in [0.05, 0.1) is 11.2 Å². The number of hydrogen-bond donors (Lipinski definition) is 2. The van der Waals surface area contributed by atoms with Gasteiger partial charge in [0, 0.05) is 23.3 Å². The van der Waals surface area contributed by atoms with E-state index < -0.39 is 0 Å². The number of halogens is 1. The summed E-state index contributed by atoms with van der Waals surface area (Å²) in [5.74, 6) is 0.742. The lowest BCUT2D eigenvalue weighted by molar-refractivity contribution is 0.308. The number of nitrogen functional groups attached to an aromatic ring is 1. The lowest BCUT2D eigenvalue weighted by atomic mass is 9.93. The first-order valence-corrected chi connectivity index (χ1v) is 9.17. The Kier molecular flexibility index (Phi) is 4.52. The Hall–Kier alpha value is -2.97. The van der Waals surface area contributed by atoms with Crippen molar-refractivity contribution in [2.45, 2.75) is 20.4 Å². The highest BCUT2D eigenvalue weighted by Crippen LogP contribution is 2.34. The summed E-state index contributed by atoms with van der Waals surface area (Å²) in [4.78, 5) is 9.36. The van der Waals surface area contributed by atoms with Gasteiger partial charge >= 0.3 is 0 Å². The lowest BCUT2D eigenvalue weighted by Gasteiger charge is -2.24. The Labute approximate surface area is 166 Å². The van der Waals surface area contributed by atoms with Gasteiger partial charge in [0.2, 0.25) is 0 Å². The van der Waals surface area contributed by atoms with Crippen LogP contribution < -0.4 is 11.5 Å². The third kappa shape index (κ3) is 3.21. The second-order valence-corrected chi connectivity index (χ2v) is 7.86. The molecule has 0 amide bonds. The van der Waals surface area contributed by atoms with Gasteiger partial charge in [-0.1, -0.05) is 37.6 Å². The second kappa shape index (κ2) is 6.88. The van der Waals surface area contributed by atoms with E-state index in [2.05, 4.69) is 29.1 Å². The summed E-state index contributed by atoms with van der Waals surface area (Å²) >= 11 is 6.18. The second-order valence-electron chi connectivity index (χ2n) is 7.43. The van der Waals surface area contributed by atoms with E-state index in [1.54, 1.807) is 6.20 Å². The monoisotopic (exact) mass is 397 g/mol. The number of hydrogen-bond acceptors (Lipinski definition) is 7. The van der Waals surface area contributed by atoms with E-state index in [0.29, 0.717) is 29.6 Å². The average molecular weight is 398 g/mol. The Morgan fingerprint density at radius 3 is 2.68 bits per heavy atom. The van der Waals surface area contributed by atoms with E-state index in [4.69, 9.17) is 32.7 Å². The highest BCUT2D eigenvalue weighted by atomic mass is 35.5. The molecule has 0 fully saturated rings. The number of pyridine rings is 1. The number of rotatable bonds is 5. The van der Waals surface area contributed by atoms with Gasteiger partial charge in [0.1, 0.15) is 5.52 Å². The first-order valence-electron chi connectivity index (χ1n) is 8.79. The molecule has 1 aromatic carbocycles. The van der Waals surface area contributed by atoms with Crippen molar-refractivity contribution < 1.29 is 4.63 Å². The van der Waals surface area contributed by atoms with Crippen LogP contribution in [0.5, 0.6) is 0 Å². The number of benzene rings is 1. The fraction of sp³-hybridized carbons (Fsp3) is 0.263. The minimum Gasteiger partial charge on any atom is -0.379 e. The van der Waals surface area contributed by atoms with Gasteiger partial charge in [-0.2, -0.15) is 0 Å². The molecule has 0 unspecified atom stereocenters. The third-order valence-corrected chi connectivity index (χ3v) is 4.86. The van der Waals surface area contributed by atoms with Crippen LogP contribution in [0.25, 0.3) is 33.8 Å². The topological polar surface area (TPSA) is 122 Å². The Bertz CT molecular complexity index is 1150. The maximum Gasteiger partial charge on any atom is 0.199 e. The largest absolute Gasteiger partial charge is 0.379 e. The van der Waals surface area contributed by atoms with E-state index in [1.807, 2.05) is 34.9 Å². The molecule has 0 aliphatic rings. The molecule has 9 heteroatoms. The van der Waals surface area contributed by atoms with Gasteiger partial charge in [-0.05, 0) is 40.5 Å². The summed E-state index contributed by atoms with van der Waals surface area (Å²) in [7, 11) is 0. The molecule has 4 N–H and O–H groups in total. The van der Waals surface area contributed by atoms with Crippen LogP contribution >= 0.6 is 11.6 Å². The standard InChI is InChI=1S/C19H20ClN7O/c1-19(2,9-21)10-27-13-6-7-23-14(11-4-3-5-12(20)8-11)15(13)24-18(27)16-17(22)26-28-25-16/h3-8H,9-10,21H2,1-2H3,(H2,22,26). The SMILES string of the molecule is CC(C)(CN)Cn1c(-c2nonc2N)nc2c(-c3cccc(Cl)c3)nccc21. The molecule has 0 aliphatic carbocycles. The minimum atomic E-state index is -0.173. The molecule has 0 saturated carbocycles. The Morgan fingerprint density at radius 2 is 2.00 bits per heavy atom. The maximum absolute atomic E-state index is 6.18. The summed E-state index contributed by atoms with van der Waals surface area (Å²) in [5.41, 5.74) is 15.3. The summed E-state index contributed by atoms with van der Waals surface area (Å²) < 4.78 is 6.84. The van der Waals surface area contributed by atoms with Gasteiger partial charge in [0.25, 0.3) is 0 Å². The van der Waals surface area contributed by atoms with Gasteiger partial charge < -0.3 is 16.0 Å². The Balaban J connectivity index is 2.00. The Morgan fingerprint density at radius 1 is 1.18 bits per heavy atom. The van der Waals surface area contributed by atoms with Crippen LogP contribution in [0, 0.1) is 5.41 Å². The zero-order valence-corrected chi connectivity index (χ0v) is 16.3. The third-order valence-electron chi connectivity index (χ3n) is 4.63. The van der Waals surface area contributed by atoms with E-state index in [-0.39, 0.29) is 11.2 Å². The van der Waals surface area contributed by atoms with Crippen molar-refractivity contribution in [2.24, 2.45) is 11.1 Å². The molecule has 0 saturated heterocycles. The summed E-state index contributed by atoms with van der Waals surface area (Å²) in [5, 5.41) is 8.27. The van der Waals surface area contributed by atoms with E-state index in [1.165, 1.54) is 0 Å². The van der Waals surface area contributed by atoms with Crippen LogP contribution in [-0.4, -0.2) is 31.4 Å². The zero-order chi connectivity index (χ0) is 19.9. The van der Waals surface area contributed by atoms with Crippen molar-refractivity contribution in [3.05, 3.63) is 41.6 Å². The lowest BCUT2D eigenvalue weighted by Crippen LogP contribution is -2.29. The van der Waals surface area contributed by atoms with Crippen molar-refractivity contribution in [1.29, 1.82) is 0 Å². The molecule has 4 aromatic rings. The smallest absolute Gasteiger partial charge is 0.199 e. The van der Waals surface area contributed by atoms with Crippen molar-refractivity contribution in [2.75, 3.05) is 12.3 Å². The number of fused-ring (bicyclic) bond motifs is 1. The molecule has 0 atom stereocenters. The van der Waals surface area contributed by atoms with Crippen molar-refractivity contribution >= 4 is 28.5 Å². The highest BCUT2D eigenvalue weighted by molar-refractivity contribution is 6.30. The molecule has 0 radical (unpaired) electrons. The van der Waals surface area contributed by atoms with Gasteiger partial charge in [-0.3, -0.25) is 4.98 Å². The molecule has 0 bridgehead atoms. The minimum absolute atomic E-state index is 0.173. The van der Waals surface area contributed by atoms with Gasteiger partial charge in [-0.25, -0.2) is 9.61 Å². The molecular weight excluding hydrogens is 378 g/mol. The maximum atomic E-state index is 6.18. The molecule has 3 aromatic heterocycles. The zero-order valence-electron chi connectivity index (χ0n) is 15.6. The average Bonchev–Trinajstić information content (AvgIpc) is 3.25. The first-order chi connectivity index (χ1) is 13.4. The van der Waals surface area contributed by atoms with Crippen molar-refractivity contribution in [3.63, 3.8) is 0 Å². The first kappa shape index (κ1) is 18.4. The van der Waals surface area contributed by atoms with E-state index in [0.717, 1.165) is 22.3 Å². The van der Waals surface area contributed by atoms with Gasteiger partial charge in [-0.15, -0.1) is 0 Å². The molecule has 144 valence electrons. The highest BCUT2D eigenvalue weighted by Gasteiger charge is 2.25. The number of nitrogens with two attached hydrogens (primary N) is 2. The van der Waals surface area contributed by atoms with Crippen molar-refractivity contribution in [1.82, 2.24) is 24.8 Å². The predicted octanol–water partition coefficient (Wildman–Crippen LogP) is 3.37. The molecule has 28 heavy (non-hydrogen) atoms. The molecule has 8 nitrogen and oxygen atoms in total. The summed E-state index contributed by atoms with van der Waals surface area (Å²) in [6.45, 7) is 5.30.